The van der Waals surface area contributed by atoms with Gasteiger partial charge in [0, 0.05) is 12.1 Å². The van der Waals surface area contributed by atoms with Crippen molar-refractivity contribution in [2.45, 2.75) is 38.0 Å². The fraction of sp³-hybridized carbons (Fsp3) is 0.588. The maximum absolute atomic E-state index is 12.4. The largest absolute Gasteiger partial charge is 0.326 e. The lowest BCUT2D eigenvalue weighted by Gasteiger charge is -2.28. The molecule has 1 aliphatic heterocycles. The minimum atomic E-state index is -3.54. The zero-order valence-electron chi connectivity index (χ0n) is 15.0. The van der Waals surface area contributed by atoms with Gasteiger partial charge in [-0.05, 0) is 69.4 Å². The molecule has 0 aliphatic carbocycles. The van der Waals surface area contributed by atoms with Gasteiger partial charge in [-0.25, -0.2) is 13.1 Å². The van der Waals surface area contributed by atoms with Gasteiger partial charge in [-0.2, -0.15) is 0 Å². The van der Waals surface area contributed by atoms with E-state index in [0.29, 0.717) is 29.5 Å². The molecule has 1 amide bonds. The molecule has 2 unspecified atom stereocenters. The second-order valence-corrected chi connectivity index (χ2v) is 8.33. The number of nitrogens with one attached hydrogen (secondary N) is 3. The Kier molecular flexibility index (Phi) is 8.34. The Morgan fingerprint density at radius 1 is 1.40 bits per heavy atom. The molecule has 0 radical (unpaired) electrons. The molecule has 2 atom stereocenters. The van der Waals surface area contributed by atoms with Crippen molar-refractivity contribution in [3.63, 3.8) is 0 Å². The predicted molar refractivity (Wildman–Crippen MR) is 103 cm³/mol. The highest BCUT2D eigenvalue weighted by Crippen LogP contribution is 2.25. The van der Waals surface area contributed by atoms with Crippen molar-refractivity contribution in [2.75, 3.05) is 25.5 Å². The summed E-state index contributed by atoms with van der Waals surface area (Å²) in [7, 11) is -2.16. The van der Waals surface area contributed by atoms with E-state index < -0.39 is 10.0 Å². The van der Waals surface area contributed by atoms with Crippen LogP contribution in [0, 0.1) is 18.8 Å². The summed E-state index contributed by atoms with van der Waals surface area (Å²) in [6.45, 7) is 5.82. The molecule has 2 rings (SSSR count). The highest BCUT2D eigenvalue weighted by atomic mass is 35.5. The summed E-state index contributed by atoms with van der Waals surface area (Å²) in [5.74, 6) is 0.735. The molecule has 1 aliphatic rings. The van der Waals surface area contributed by atoms with Crippen molar-refractivity contribution in [3.05, 3.63) is 23.8 Å². The number of amides is 1. The monoisotopic (exact) mass is 389 g/mol. The number of benzene rings is 1. The SMILES string of the molecule is CNS(=O)(=O)c1cccc(NC(=O)CC(C)C2CCCNC2)c1C.Cl. The van der Waals surface area contributed by atoms with E-state index in [9.17, 15) is 13.2 Å². The molecular weight excluding hydrogens is 362 g/mol. The van der Waals surface area contributed by atoms with Crippen molar-refractivity contribution in [2.24, 2.45) is 11.8 Å². The van der Waals surface area contributed by atoms with E-state index in [-0.39, 0.29) is 23.2 Å². The summed E-state index contributed by atoms with van der Waals surface area (Å²) in [4.78, 5) is 12.5. The fourth-order valence-electron chi connectivity index (χ4n) is 3.18. The number of hydrogen-bond acceptors (Lipinski definition) is 4. The molecule has 6 nitrogen and oxygen atoms in total. The Morgan fingerprint density at radius 2 is 2.12 bits per heavy atom. The quantitative estimate of drug-likeness (QED) is 0.696. The van der Waals surface area contributed by atoms with Crippen LogP contribution in [0.5, 0.6) is 0 Å². The summed E-state index contributed by atoms with van der Waals surface area (Å²) in [5.41, 5.74) is 1.09. The van der Waals surface area contributed by atoms with Crippen LogP contribution in [0.3, 0.4) is 0 Å². The molecule has 0 bridgehead atoms. The van der Waals surface area contributed by atoms with Crippen LogP contribution in [-0.2, 0) is 14.8 Å². The Labute approximate surface area is 156 Å². The van der Waals surface area contributed by atoms with Crippen molar-refractivity contribution in [1.29, 1.82) is 0 Å². The predicted octanol–water partition coefficient (Wildman–Crippen LogP) is 2.29. The summed E-state index contributed by atoms with van der Waals surface area (Å²) >= 11 is 0. The molecule has 142 valence electrons. The molecule has 25 heavy (non-hydrogen) atoms. The molecule has 1 aromatic rings. The van der Waals surface area contributed by atoms with Gasteiger partial charge in [-0.3, -0.25) is 4.79 Å². The van der Waals surface area contributed by atoms with Crippen LogP contribution in [-0.4, -0.2) is 34.5 Å². The van der Waals surface area contributed by atoms with E-state index in [1.807, 2.05) is 0 Å². The second-order valence-electron chi connectivity index (χ2n) is 6.47. The summed E-state index contributed by atoms with van der Waals surface area (Å²) < 4.78 is 26.3. The summed E-state index contributed by atoms with van der Waals surface area (Å²) in [6.07, 6.45) is 2.74. The van der Waals surface area contributed by atoms with Crippen LogP contribution in [0.15, 0.2) is 23.1 Å². The number of carbonyl (C=O) groups excluding carboxylic acids is 1. The van der Waals surface area contributed by atoms with Gasteiger partial charge < -0.3 is 10.6 Å². The van der Waals surface area contributed by atoms with Gasteiger partial charge in [0.05, 0.1) is 4.90 Å². The minimum absolute atomic E-state index is 0. The number of halogens is 1. The molecule has 0 spiro atoms. The summed E-state index contributed by atoms with van der Waals surface area (Å²) in [6, 6.07) is 4.91. The van der Waals surface area contributed by atoms with Crippen molar-refractivity contribution >= 4 is 34.0 Å². The Balaban J connectivity index is 0.00000312. The van der Waals surface area contributed by atoms with E-state index in [1.54, 1.807) is 19.1 Å². The van der Waals surface area contributed by atoms with Gasteiger partial charge in [-0.1, -0.05) is 13.0 Å². The first-order chi connectivity index (χ1) is 11.3. The fourth-order valence-corrected chi connectivity index (χ4v) is 4.17. The Bertz CT molecular complexity index is 688. The molecule has 8 heteroatoms. The molecule has 1 heterocycles. The normalized spacial score (nSPS) is 18.9. The molecule has 1 fully saturated rings. The van der Waals surface area contributed by atoms with Crippen LogP contribution in [0.4, 0.5) is 5.69 Å². The zero-order chi connectivity index (χ0) is 17.7. The van der Waals surface area contributed by atoms with Crippen molar-refractivity contribution in [1.82, 2.24) is 10.0 Å². The first-order valence-corrected chi connectivity index (χ1v) is 9.87. The Hall–Kier alpha value is -1.15. The molecule has 0 saturated carbocycles. The lowest BCUT2D eigenvalue weighted by molar-refractivity contribution is -0.117. The van der Waals surface area contributed by atoms with E-state index >= 15 is 0 Å². The van der Waals surface area contributed by atoms with Gasteiger partial charge in [-0.15, -0.1) is 12.4 Å². The summed E-state index contributed by atoms with van der Waals surface area (Å²) in [5, 5.41) is 6.24. The highest BCUT2D eigenvalue weighted by molar-refractivity contribution is 7.89. The van der Waals surface area contributed by atoms with Gasteiger partial charge in [0.25, 0.3) is 0 Å². The number of sulfonamides is 1. The first-order valence-electron chi connectivity index (χ1n) is 8.39. The lowest BCUT2D eigenvalue weighted by Crippen LogP contribution is -2.34. The Morgan fingerprint density at radius 3 is 2.72 bits per heavy atom. The zero-order valence-corrected chi connectivity index (χ0v) is 16.6. The third kappa shape index (κ3) is 5.67. The van der Waals surface area contributed by atoms with E-state index in [4.69, 9.17) is 0 Å². The third-order valence-electron chi connectivity index (χ3n) is 4.76. The number of carbonyl (C=O) groups is 1. The molecule has 1 saturated heterocycles. The maximum atomic E-state index is 12.4. The molecule has 1 aromatic carbocycles. The standard InChI is InChI=1S/C17H27N3O3S.ClH/c1-12(14-6-5-9-19-11-14)10-17(21)20-15-7-4-8-16(13(15)2)24(22,23)18-3;/h4,7-8,12,14,18-19H,5-6,9-11H2,1-3H3,(H,20,21);1H. The van der Waals surface area contributed by atoms with Crippen molar-refractivity contribution < 1.29 is 13.2 Å². The van der Waals surface area contributed by atoms with Crippen LogP contribution in [0.1, 0.15) is 31.7 Å². The molecular formula is C17H28ClN3O3S. The average Bonchev–Trinajstić information content (AvgIpc) is 2.57. The maximum Gasteiger partial charge on any atom is 0.240 e. The highest BCUT2D eigenvalue weighted by Gasteiger charge is 2.23. The van der Waals surface area contributed by atoms with Crippen LogP contribution >= 0.6 is 12.4 Å². The van der Waals surface area contributed by atoms with Crippen LogP contribution < -0.4 is 15.4 Å². The van der Waals surface area contributed by atoms with E-state index in [2.05, 4.69) is 22.3 Å². The number of hydrogen-bond donors (Lipinski definition) is 3. The minimum Gasteiger partial charge on any atom is -0.326 e. The smallest absolute Gasteiger partial charge is 0.240 e. The lowest BCUT2D eigenvalue weighted by atomic mass is 9.85. The van der Waals surface area contributed by atoms with Gasteiger partial charge >= 0.3 is 0 Å². The topological polar surface area (TPSA) is 87.3 Å². The van der Waals surface area contributed by atoms with E-state index in [1.165, 1.54) is 13.1 Å². The van der Waals surface area contributed by atoms with Gasteiger partial charge in [0.15, 0.2) is 0 Å². The first kappa shape index (κ1) is 21.9. The second kappa shape index (κ2) is 9.52. The molecule has 0 aromatic heterocycles. The van der Waals surface area contributed by atoms with Gasteiger partial charge in [0.1, 0.15) is 0 Å². The average molecular weight is 390 g/mol. The van der Waals surface area contributed by atoms with Crippen LogP contribution in [0.25, 0.3) is 0 Å². The van der Waals surface area contributed by atoms with E-state index in [0.717, 1.165) is 25.9 Å². The number of anilines is 1. The number of rotatable bonds is 6. The molecule has 3 N–H and O–H groups in total. The third-order valence-corrected chi connectivity index (χ3v) is 6.32. The van der Waals surface area contributed by atoms with Crippen molar-refractivity contribution in [3.8, 4) is 0 Å². The van der Waals surface area contributed by atoms with Gasteiger partial charge in [0.2, 0.25) is 15.9 Å². The van der Waals surface area contributed by atoms with Crippen LogP contribution in [0.2, 0.25) is 0 Å². The number of piperidine rings is 1.